The minimum Gasteiger partial charge on any atom is -0.406 e. The summed E-state index contributed by atoms with van der Waals surface area (Å²) < 4.78 is 46.7. The van der Waals surface area contributed by atoms with Gasteiger partial charge in [0.2, 0.25) is 0 Å². The van der Waals surface area contributed by atoms with Crippen LogP contribution in [0.3, 0.4) is 0 Å². The number of carbonyl (C=O) groups is 2. The lowest BCUT2D eigenvalue weighted by Crippen LogP contribution is -2.62. The van der Waals surface area contributed by atoms with Crippen LogP contribution in [0.1, 0.15) is 74.7 Å². The molecule has 1 aliphatic carbocycles. The number of methoxy groups -OCH3 is 1. The second kappa shape index (κ2) is 14.8. The Kier molecular flexibility index (Phi) is 11.4. The Bertz CT molecular complexity index is 1270. The van der Waals surface area contributed by atoms with E-state index in [0.29, 0.717) is 36.2 Å². The van der Waals surface area contributed by atoms with Gasteiger partial charge in [0.05, 0.1) is 0 Å². The minimum absolute atomic E-state index is 0.197. The number of nitrogens with zero attached hydrogens (tertiary/aromatic N) is 2. The van der Waals surface area contributed by atoms with Crippen molar-refractivity contribution < 1.29 is 42.4 Å². The molecule has 1 heterocycles. The van der Waals surface area contributed by atoms with Gasteiger partial charge in [-0.1, -0.05) is 38.8 Å². The standard InChI is InChI=1S/C33H44F3N3O6/c1-4-5-22(2)24-14-16-32(17-15-24)18-19-38(26-10-12-27(13-11-26)45-33(34,35)36)31(43)39(32)21-23-6-8-25(9-7-23)29(41)37-20-28(40)30(42)44-3/h6-13,22,24,28,30,40,42H,4-5,14-21H2,1-3H3,(H,37,41). The van der Waals surface area contributed by atoms with Gasteiger partial charge in [-0.15, -0.1) is 13.2 Å². The van der Waals surface area contributed by atoms with E-state index >= 15 is 0 Å². The first-order chi connectivity index (χ1) is 21.4. The van der Waals surface area contributed by atoms with Crippen molar-refractivity contribution in [1.82, 2.24) is 10.2 Å². The molecule has 45 heavy (non-hydrogen) atoms. The van der Waals surface area contributed by atoms with Crippen molar-refractivity contribution >= 4 is 17.6 Å². The Hall–Kier alpha value is -3.35. The Morgan fingerprint density at radius 3 is 2.29 bits per heavy atom. The molecule has 0 radical (unpaired) electrons. The lowest BCUT2D eigenvalue weighted by Gasteiger charge is -2.54. The molecule has 3 amide bonds. The highest BCUT2D eigenvalue weighted by molar-refractivity contribution is 5.94. The number of ether oxygens (including phenoxy) is 2. The fraction of sp³-hybridized carbons (Fsp3) is 0.576. The van der Waals surface area contributed by atoms with Crippen molar-refractivity contribution in [1.29, 1.82) is 0 Å². The number of alkyl halides is 3. The molecule has 4 rings (SSSR count). The highest BCUT2D eigenvalue weighted by Crippen LogP contribution is 2.45. The third kappa shape index (κ3) is 8.68. The number of aliphatic hydroxyl groups is 2. The van der Waals surface area contributed by atoms with Crippen LogP contribution in [0.15, 0.2) is 48.5 Å². The van der Waals surface area contributed by atoms with Gasteiger partial charge >= 0.3 is 12.4 Å². The molecule has 1 aliphatic heterocycles. The average molecular weight is 636 g/mol. The van der Waals surface area contributed by atoms with E-state index in [4.69, 9.17) is 0 Å². The molecule has 9 nitrogen and oxygen atoms in total. The van der Waals surface area contributed by atoms with Gasteiger partial charge in [0.1, 0.15) is 11.9 Å². The van der Waals surface area contributed by atoms with Gasteiger partial charge in [0.15, 0.2) is 6.29 Å². The minimum atomic E-state index is -4.80. The van der Waals surface area contributed by atoms with Gasteiger partial charge in [0, 0.05) is 43.5 Å². The lowest BCUT2D eigenvalue weighted by atomic mass is 9.69. The van der Waals surface area contributed by atoms with E-state index < -0.39 is 24.7 Å². The summed E-state index contributed by atoms with van der Waals surface area (Å²) in [5.41, 5.74) is 1.33. The van der Waals surface area contributed by atoms with E-state index in [-0.39, 0.29) is 23.9 Å². The fourth-order valence-electron chi connectivity index (χ4n) is 6.66. The molecule has 0 bridgehead atoms. The maximum atomic E-state index is 14.2. The van der Waals surface area contributed by atoms with Crippen LogP contribution in [0, 0.1) is 11.8 Å². The van der Waals surface area contributed by atoms with E-state index in [1.165, 1.54) is 37.8 Å². The molecule has 1 saturated carbocycles. The number of anilines is 1. The smallest absolute Gasteiger partial charge is 0.406 e. The number of amides is 3. The summed E-state index contributed by atoms with van der Waals surface area (Å²) in [6.45, 7) is 5.06. The molecule has 12 heteroatoms. The first kappa shape index (κ1) is 34.5. The number of rotatable bonds is 12. The highest BCUT2D eigenvalue weighted by Gasteiger charge is 2.48. The van der Waals surface area contributed by atoms with Gasteiger partial charge in [-0.05, 0) is 85.9 Å². The summed E-state index contributed by atoms with van der Waals surface area (Å²) in [6, 6.07) is 12.0. The molecule has 0 aromatic heterocycles. The van der Waals surface area contributed by atoms with Gasteiger partial charge in [-0.3, -0.25) is 9.69 Å². The van der Waals surface area contributed by atoms with Crippen molar-refractivity contribution in [2.24, 2.45) is 11.8 Å². The number of hydrogen-bond acceptors (Lipinski definition) is 6. The third-order valence-corrected chi connectivity index (χ3v) is 9.33. The average Bonchev–Trinajstić information content (AvgIpc) is 3.02. The van der Waals surface area contributed by atoms with Crippen LogP contribution < -0.4 is 15.0 Å². The number of benzene rings is 2. The van der Waals surface area contributed by atoms with Gasteiger partial charge in [-0.2, -0.15) is 0 Å². The summed E-state index contributed by atoms with van der Waals surface area (Å²) in [5, 5.41) is 21.9. The largest absolute Gasteiger partial charge is 0.573 e. The number of urea groups is 1. The van der Waals surface area contributed by atoms with E-state index in [1.54, 1.807) is 29.2 Å². The van der Waals surface area contributed by atoms with Crippen LogP contribution in [-0.2, 0) is 11.3 Å². The van der Waals surface area contributed by atoms with Crippen LogP contribution >= 0.6 is 0 Å². The number of hydrogen-bond donors (Lipinski definition) is 3. The van der Waals surface area contributed by atoms with Crippen molar-refractivity contribution in [2.45, 2.75) is 89.6 Å². The summed E-state index contributed by atoms with van der Waals surface area (Å²) in [4.78, 5) is 30.3. The van der Waals surface area contributed by atoms with E-state index in [1.807, 2.05) is 4.90 Å². The zero-order chi connectivity index (χ0) is 32.8. The lowest BCUT2D eigenvalue weighted by molar-refractivity contribution is -0.274. The zero-order valence-corrected chi connectivity index (χ0v) is 26.1. The molecule has 3 N–H and O–H groups in total. The fourth-order valence-corrected chi connectivity index (χ4v) is 6.66. The maximum absolute atomic E-state index is 14.2. The van der Waals surface area contributed by atoms with E-state index in [9.17, 15) is 33.0 Å². The maximum Gasteiger partial charge on any atom is 0.573 e. The van der Waals surface area contributed by atoms with Crippen LogP contribution in [0.5, 0.6) is 5.75 Å². The zero-order valence-electron chi connectivity index (χ0n) is 26.1. The summed E-state index contributed by atoms with van der Waals surface area (Å²) in [6.07, 6.45) is -0.664. The topological polar surface area (TPSA) is 112 Å². The van der Waals surface area contributed by atoms with E-state index in [0.717, 1.165) is 44.1 Å². The molecule has 2 aliphatic rings. The second-order valence-corrected chi connectivity index (χ2v) is 12.2. The third-order valence-electron chi connectivity index (χ3n) is 9.33. The van der Waals surface area contributed by atoms with E-state index in [2.05, 4.69) is 28.6 Å². The van der Waals surface area contributed by atoms with Gasteiger partial charge < -0.3 is 29.9 Å². The Labute approximate surface area is 262 Å². The number of aliphatic hydroxyl groups excluding tert-OH is 2. The van der Waals surface area contributed by atoms with Crippen molar-refractivity contribution in [3.63, 3.8) is 0 Å². The first-order valence-corrected chi connectivity index (χ1v) is 15.6. The Balaban J connectivity index is 1.52. The van der Waals surface area contributed by atoms with Crippen LogP contribution in [0.2, 0.25) is 0 Å². The van der Waals surface area contributed by atoms with Gasteiger partial charge in [0.25, 0.3) is 5.91 Å². The molecule has 2 aromatic rings. The number of halogens is 3. The summed E-state index contributed by atoms with van der Waals surface area (Å²) >= 11 is 0. The monoisotopic (exact) mass is 635 g/mol. The molecule has 2 aromatic carbocycles. The second-order valence-electron chi connectivity index (χ2n) is 12.2. The van der Waals surface area contributed by atoms with Crippen molar-refractivity contribution in [2.75, 3.05) is 25.1 Å². The number of nitrogens with one attached hydrogen (secondary N) is 1. The van der Waals surface area contributed by atoms with Crippen molar-refractivity contribution in [3.05, 3.63) is 59.7 Å². The first-order valence-electron chi connectivity index (χ1n) is 15.6. The summed E-state index contributed by atoms with van der Waals surface area (Å²) in [5.74, 6) is 0.440. The van der Waals surface area contributed by atoms with Crippen LogP contribution in [0.4, 0.5) is 23.7 Å². The molecule has 3 atom stereocenters. The van der Waals surface area contributed by atoms with Crippen molar-refractivity contribution in [3.8, 4) is 5.75 Å². The quantitative estimate of drug-likeness (QED) is 0.253. The Morgan fingerprint density at radius 1 is 1.07 bits per heavy atom. The normalized spacial score (nSPS) is 22.7. The molecular formula is C33H44F3N3O6. The molecular weight excluding hydrogens is 591 g/mol. The Morgan fingerprint density at radius 2 is 1.71 bits per heavy atom. The van der Waals surface area contributed by atoms with Crippen LogP contribution in [0.25, 0.3) is 0 Å². The predicted molar refractivity (Wildman–Crippen MR) is 163 cm³/mol. The molecule has 2 fully saturated rings. The van der Waals surface area contributed by atoms with Crippen LogP contribution in [-0.4, -0.2) is 71.5 Å². The molecule has 3 unspecified atom stereocenters. The molecule has 248 valence electrons. The highest BCUT2D eigenvalue weighted by atomic mass is 19.4. The van der Waals surface area contributed by atoms with Gasteiger partial charge in [-0.25, -0.2) is 4.79 Å². The predicted octanol–water partition coefficient (Wildman–Crippen LogP) is 5.84. The number of carbonyl (C=O) groups excluding carboxylic acids is 2. The molecule has 1 saturated heterocycles. The SMILES string of the molecule is CCCC(C)C1CCC2(CC1)CCN(c1ccc(OC(F)(F)F)cc1)C(=O)N2Cc1ccc(C(=O)NCC(O)C(O)OC)cc1. The summed E-state index contributed by atoms with van der Waals surface area (Å²) in [7, 11) is 1.24. The molecule has 1 spiro atoms.